The number of rotatable bonds is 5. The zero-order valence-electron chi connectivity index (χ0n) is 13.0. The molecule has 3 rings (SSSR count). The highest BCUT2D eigenvalue weighted by molar-refractivity contribution is 5.91. The van der Waals surface area contributed by atoms with Crippen molar-refractivity contribution in [2.75, 3.05) is 10.6 Å². The number of halogens is 2. The van der Waals surface area contributed by atoms with Gasteiger partial charge in [-0.1, -0.05) is 24.3 Å². The zero-order chi connectivity index (χ0) is 17.6. The summed E-state index contributed by atoms with van der Waals surface area (Å²) in [5.41, 5.74) is 0.836. The number of anilines is 3. The van der Waals surface area contributed by atoms with Crippen molar-refractivity contribution in [3.05, 3.63) is 77.9 Å². The summed E-state index contributed by atoms with van der Waals surface area (Å²) in [6.45, 7) is 0. The van der Waals surface area contributed by atoms with Gasteiger partial charge in [0.2, 0.25) is 5.91 Å². The number of hydrogen-bond donors (Lipinski definition) is 2. The van der Waals surface area contributed by atoms with E-state index in [1.54, 1.807) is 42.5 Å². The van der Waals surface area contributed by atoms with Gasteiger partial charge >= 0.3 is 0 Å². The topological polar surface area (TPSA) is 66.9 Å². The maximum atomic E-state index is 13.6. The second-order valence-corrected chi connectivity index (χ2v) is 5.26. The summed E-state index contributed by atoms with van der Waals surface area (Å²) < 4.78 is 26.7. The predicted molar refractivity (Wildman–Crippen MR) is 90.4 cm³/mol. The van der Waals surface area contributed by atoms with E-state index in [-0.39, 0.29) is 23.8 Å². The summed E-state index contributed by atoms with van der Waals surface area (Å²) in [5.74, 6) is -0.547. The van der Waals surface area contributed by atoms with Crippen LogP contribution in [0.3, 0.4) is 0 Å². The number of hydrogen-bond acceptors (Lipinski definition) is 4. The summed E-state index contributed by atoms with van der Waals surface area (Å²) in [7, 11) is 0. The van der Waals surface area contributed by atoms with Crippen LogP contribution in [0.5, 0.6) is 0 Å². The molecule has 2 N–H and O–H groups in total. The molecule has 25 heavy (non-hydrogen) atoms. The minimum atomic E-state index is -0.406. The number of aromatic nitrogens is 2. The molecule has 126 valence electrons. The minimum absolute atomic E-state index is 0.0225. The molecule has 0 saturated carbocycles. The first kappa shape index (κ1) is 16.5. The Labute approximate surface area is 142 Å². The molecule has 0 aliphatic carbocycles. The van der Waals surface area contributed by atoms with Gasteiger partial charge in [-0.2, -0.15) is 0 Å². The van der Waals surface area contributed by atoms with Crippen LogP contribution >= 0.6 is 0 Å². The van der Waals surface area contributed by atoms with Gasteiger partial charge in [-0.05, 0) is 42.0 Å². The largest absolute Gasteiger partial charge is 0.336 e. The lowest BCUT2D eigenvalue weighted by Gasteiger charge is -2.07. The fraction of sp³-hybridized carbons (Fsp3) is 0.0556. The van der Waals surface area contributed by atoms with Crippen molar-refractivity contribution in [1.82, 2.24) is 10.2 Å². The van der Waals surface area contributed by atoms with Crippen LogP contribution in [0.1, 0.15) is 5.56 Å². The third-order valence-electron chi connectivity index (χ3n) is 3.32. The third kappa shape index (κ3) is 4.57. The predicted octanol–water partition coefficient (Wildman–Crippen LogP) is 3.68. The van der Waals surface area contributed by atoms with E-state index in [9.17, 15) is 13.6 Å². The second kappa shape index (κ2) is 7.48. The van der Waals surface area contributed by atoms with Gasteiger partial charge in [0.1, 0.15) is 11.6 Å². The fourth-order valence-electron chi connectivity index (χ4n) is 2.19. The molecule has 0 bridgehead atoms. The second-order valence-electron chi connectivity index (χ2n) is 5.26. The quantitative estimate of drug-likeness (QED) is 0.743. The van der Waals surface area contributed by atoms with Crippen molar-refractivity contribution in [1.29, 1.82) is 0 Å². The summed E-state index contributed by atoms with van der Waals surface area (Å²) in [6.07, 6.45) is 0.0225. The lowest BCUT2D eigenvalue weighted by molar-refractivity contribution is -0.115. The molecule has 3 aromatic rings. The lowest BCUT2D eigenvalue weighted by atomic mass is 10.1. The molecule has 1 heterocycles. The molecule has 5 nitrogen and oxygen atoms in total. The smallest absolute Gasteiger partial charge is 0.229 e. The first-order chi connectivity index (χ1) is 12.1. The molecule has 0 atom stereocenters. The Morgan fingerprint density at radius 3 is 2.40 bits per heavy atom. The van der Waals surface area contributed by atoms with Crippen LogP contribution in [0.2, 0.25) is 0 Å². The molecule has 0 unspecified atom stereocenters. The van der Waals surface area contributed by atoms with Gasteiger partial charge in [0.25, 0.3) is 0 Å². The van der Waals surface area contributed by atoms with Crippen LogP contribution in [0.25, 0.3) is 0 Å². The number of amides is 1. The van der Waals surface area contributed by atoms with Gasteiger partial charge in [0, 0.05) is 0 Å². The average molecular weight is 340 g/mol. The van der Waals surface area contributed by atoms with Crippen LogP contribution in [-0.2, 0) is 11.2 Å². The van der Waals surface area contributed by atoms with E-state index in [1.165, 1.54) is 18.2 Å². The number of nitrogens with zero attached hydrogens (tertiary/aromatic N) is 2. The Balaban J connectivity index is 1.60. The van der Waals surface area contributed by atoms with Crippen molar-refractivity contribution in [3.63, 3.8) is 0 Å². The van der Waals surface area contributed by atoms with E-state index in [2.05, 4.69) is 20.8 Å². The standard InChI is InChI=1S/C18H14F2N4O/c19-13-5-3-4-12(10-13)11-18(25)22-17-9-8-16(23-24-17)21-15-7-2-1-6-14(15)20/h1-10H,11H2,(H,21,23)(H,22,24,25). The van der Waals surface area contributed by atoms with Crippen molar-refractivity contribution in [3.8, 4) is 0 Å². The molecule has 7 heteroatoms. The van der Waals surface area contributed by atoms with E-state index in [0.29, 0.717) is 11.4 Å². The van der Waals surface area contributed by atoms with Crippen LogP contribution in [0.4, 0.5) is 26.1 Å². The summed E-state index contributed by atoms with van der Waals surface area (Å²) in [4.78, 5) is 11.9. The van der Waals surface area contributed by atoms with Crippen molar-refractivity contribution < 1.29 is 13.6 Å². The Bertz CT molecular complexity index is 884. The molecule has 1 amide bonds. The Kier molecular flexibility index (Phi) is 4.94. The third-order valence-corrected chi connectivity index (χ3v) is 3.32. The van der Waals surface area contributed by atoms with Crippen molar-refractivity contribution >= 4 is 23.2 Å². The molecular weight excluding hydrogens is 326 g/mol. The summed E-state index contributed by atoms with van der Waals surface area (Å²) >= 11 is 0. The number of carbonyl (C=O) groups excluding carboxylic acids is 1. The number of para-hydroxylation sites is 1. The Hall–Kier alpha value is -3.35. The highest BCUT2D eigenvalue weighted by Gasteiger charge is 2.07. The zero-order valence-corrected chi connectivity index (χ0v) is 13.0. The van der Waals surface area contributed by atoms with E-state index in [0.717, 1.165) is 0 Å². The van der Waals surface area contributed by atoms with Crippen LogP contribution in [-0.4, -0.2) is 16.1 Å². The van der Waals surface area contributed by atoms with E-state index < -0.39 is 11.6 Å². The highest BCUT2D eigenvalue weighted by atomic mass is 19.1. The number of nitrogens with one attached hydrogen (secondary N) is 2. The SMILES string of the molecule is O=C(Cc1cccc(F)c1)Nc1ccc(Nc2ccccc2F)nn1. The van der Waals surface area contributed by atoms with Crippen LogP contribution in [0, 0.1) is 11.6 Å². The van der Waals surface area contributed by atoms with E-state index in [4.69, 9.17) is 0 Å². The molecule has 1 aromatic heterocycles. The van der Waals surface area contributed by atoms with Crippen molar-refractivity contribution in [2.24, 2.45) is 0 Å². The average Bonchev–Trinajstić information content (AvgIpc) is 2.58. The maximum Gasteiger partial charge on any atom is 0.229 e. The van der Waals surface area contributed by atoms with Gasteiger partial charge in [-0.15, -0.1) is 10.2 Å². The molecule has 0 fully saturated rings. The van der Waals surface area contributed by atoms with Gasteiger partial charge in [0.05, 0.1) is 12.1 Å². The molecule has 0 saturated heterocycles. The molecule has 0 spiro atoms. The fourth-order valence-corrected chi connectivity index (χ4v) is 2.19. The Morgan fingerprint density at radius 2 is 1.68 bits per heavy atom. The lowest BCUT2D eigenvalue weighted by Crippen LogP contribution is -2.15. The van der Waals surface area contributed by atoms with Gasteiger partial charge in [-0.3, -0.25) is 4.79 Å². The first-order valence-corrected chi connectivity index (χ1v) is 7.50. The summed E-state index contributed by atoms with van der Waals surface area (Å²) in [5, 5.41) is 13.1. The number of benzene rings is 2. The van der Waals surface area contributed by atoms with Crippen LogP contribution in [0.15, 0.2) is 60.7 Å². The minimum Gasteiger partial charge on any atom is -0.336 e. The monoisotopic (exact) mass is 340 g/mol. The van der Waals surface area contributed by atoms with Crippen molar-refractivity contribution in [2.45, 2.75) is 6.42 Å². The van der Waals surface area contributed by atoms with E-state index in [1.807, 2.05) is 0 Å². The van der Waals surface area contributed by atoms with Crippen LogP contribution < -0.4 is 10.6 Å². The first-order valence-electron chi connectivity index (χ1n) is 7.50. The van der Waals surface area contributed by atoms with Gasteiger partial charge < -0.3 is 10.6 Å². The normalized spacial score (nSPS) is 10.3. The molecule has 0 aliphatic heterocycles. The maximum absolute atomic E-state index is 13.6. The summed E-state index contributed by atoms with van der Waals surface area (Å²) in [6, 6.07) is 15.1. The van der Waals surface area contributed by atoms with E-state index >= 15 is 0 Å². The van der Waals surface area contributed by atoms with Gasteiger partial charge in [0.15, 0.2) is 11.6 Å². The molecule has 2 aromatic carbocycles. The number of carbonyl (C=O) groups is 1. The molecular formula is C18H14F2N4O. The molecule has 0 aliphatic rings. The Morgan fingerprint density at radius 1 is 0.920 bits per heavy atom. The van der Waals surface area contributed by atoms with Gasteiger partial charge in [-0.25, -0.2) is 8.78 Å². The molecule has 0 radical (unpaired) electrons. The highest BCUT2D eigenvalue weighted by Crippen LogP contribution is 2.18.